The fourth-order valence-electron chi connectivity index (χ4n) is 2.91. The molecule has 0 aliphatic heterocycles. The van der Waals surface area contributed by atoms with Crippen LogP contribution in [0.25, 0.3) is 5.69 Å². The van der Waals surface area contributed by atoms with Gasteiger partial charge in [-0.3, -0.25) is 0 Å². The molecule has 23 heavy (non-hydrogen) atoms. The average molecular weight is 313 g/mol. The molecule has 0 spiro atoms. The van der Waals surface area contributed by atoms with Crippen molar-refractivity contribution in [2.75, 3.05) is 13.2 Å². The molecule has 1 aromatic heterocycles. The molecule has 1 heterocycles. The summed E-state index contributed by atoms with van der Waals surface area (Å²) in [6.07, 6.45) is 4.39. The molecule has 1 saturated carbocycles. The van der Waals surface area contributed by atoms with Gasteiger partial charge in [-0.05, 0) is 25.0 Å². The van der Waals surface area contributed by atoms with Gasteiger partial charge in [0.25, 0.3) is 0 Å². The zero-order chi connectivity index (χ0) is 16.5. The Hall–Kier alpha value is -1.65. The van der Waals surface area contributed by atoms with Crippen LogP contribution in [0, 0.1) is 5.41 Å². The second-order valence-corrected chi connectivity index (χ2v) is 7.79. The van der Waals surface area contributed by atoms with Crippen LogP contribution < -0.4 is 5.32 Å². The van der Waals surface area contributed by atoms with Crippen LogP contribution in [-0.2, 0) is 12.0 Å². The summed E-state index contributed by atoms with van der Waals surface area (Å²) in [5.41, 5.74) is 3.58. The van der Waals surface area contributed by atoms with Crippen molar-refractivity contribution in [2.45, 2.75) is 45.6 Å². The van der Waals surface area contributed by atoms with Crippen LogP contribution in [0.5, 0.6) is 0 Å². The number of nitrogens with zero attached hydrogens (tertiary/aromatic N) is 2. The number of hydrogen-bond acceptors (Lipinski definition) is 3. The number of aromatic nitrogens is 2. The minimum atomic E-state index is 0.00525. The normalized spacial score (nSPS) is 16.5. The van der Waals surface area contributed by atoms with E-state index in [0.717, 1.165) is 37.3 Å². The third-order valence-electron chi connectivity index (χ3n) is 4.63. The van der Waals surface area contributed by atoms with Crippen molar-refractivity contribution in [1.29, 1.82) is 0 Å². The van der Waals surface area contributed by atoms with E-state index in [9.17, 15) is 5.11 Å². The summed E-state index contributed by atoms with van der Waals surface area (Å²) in [5, 5.41) is 17.8. The van der Waals surface area contributed by atoms with Gasteiger partial charge in [0.15, 0.2) is 0 Å². The van der Waals surface area contributed by atoms with Crippen molar-refractivity contribution < 1.29 is 5.11 Å². The first-order chi connectivity index (χ1) is 10.9. The molecule has 0 radical (unpaired) electrons. The predicted molar refractivity (Wildman–Crippen MR) is 92.7 cm³/mol. The highest BCUT2D eigenvalue weighted by atomic mass is 16.3. The molecular weight excluding hydrogens is 286 g/mol. The van der Waals surface area contributed by atoms with Crippen molar-refractivity contribution >= 4 is 0 Å². The highest BCUT2D eigenvalue weighted by Gasteiger charge is 2.41. The van der Waals surface area contributed by atoms with E-state index in [1.165, 1.54) is 5.56 Å². The predicted octanol–water partition coefficient (Wildman–Crippen LogP) is 3.03. The van der Waals surface area contributed by atoms with Crippen molar-refractivity contribution in [2.24, 2.45) is 5.41 Å². The van der Waals surface area contributed by atoms with E-state index < -0.39 is 0 Å². The monoisotopic (exact) mass is 313 g/mol. The van der Waals surface area contributed by atoms with Crippen molar-refractivity contribution in [3.63, 3.8) is 0 Å². The van der Waals surface area contributed by atoms with Crippen LogP contribution in [0.4, 0.5) is 0 Å². The lowest BCUT2D eigenvalue weighted by atomic mass is 9.89. The SMILES string of the molecule is CC(C)(C)c1nn(-c2ccccc2)cc1CNCC1(CO)CC1. The maximum absolute atomic E-state index is 9.43. The van der Waals surface area contributed by atoms with Crippen LogP contribution in [-0.4, -0.2) is 28.0 Å². The zero-order valence-electron chi connectivity index (χ0n) is 14.3. The second kappa shape index (κ2) is 6.10. The molecule has 0 atom stereocenters. The van der Waals surface area contributed by atoms with Gasteiger partial charge in [0.05, 0.1) is 11.4 Å². The molecule has 0 amide bonds. The highest BCUT2D eigenvalue weighted by molar-refractivity contribution is 5.34. The molecule has 1 aliphatic rings. The number of nitrogens with one attached hydrogen (secondary N) is 1. The van der Waals surface area contributed by atoms with Gasteiger partial charge in [0.2, 0.25) is 0 Å². The van der Waals surface area contributed by atoms with Crippen LogP contribution >= 0.6 is 0 Å². The molecule has 0 bridgehead atoms. The van der Waals surface area contributed by atoms with Crippen molar-refractivity contribution in [3.8, 4) is 5.69 Å². The summed E-state index contributed by atoms with van der Waals surface area (Å²) in [7, 11) is 0. The number of benzene rings is 1. The minimum Gasteiger partial charge on any atom is -0.396 e. The van der Waals surface area contributed by atoms with E-state index in [4.69, 9.17) is 5.10 Å². The topological polar surface area (TPSA) is 50.1 Å². The Bertz CT molecular complexity index is 651. The molecule has 1 fully saturated rings. The third-order valence-corrected chi connectivity index (χ3v) is 4.63. The number of hydrogen-bond donors (Lipinski definition) is 2. The van der Waals surface area contributed by atoms with Gasteiger partial charge < -0.3 is 10.4 Å². The number of aliphatic hydroxyl groups is 1. The van der Waals surface area contributed by atoms with E-state index in [0.29, 0.717) is 0 Å². The molecule has 1 aliphatic carbocycles. The van der Waals surface area contributed by atoms with Crippen molar-refractivity contribution in [3.05, 3.63) is 47.8 Å². The highest BCUT2D eigenvalue weighted by Crippen LogP contribution is 2.44. The standard InChI is InChI=1S/C19H27N3O/c1-18(2,3)17-15(11-20-13-19(14-23)9-10-19)12-22(21-17)16-7-5-4-6-8-16/h4-8,12,20,23H,9-11,13-14H2,1-3H3. The molecule has 1 aromatic carbocycles. The van der Waals surface area contributed by atoms with Gasteiger partial charge in [0.1, 0.15) is 0 Å². The molecular formula is C19H27N3O. The van der Waals surface area contributed by atoms with E-state index in [-0.39, 0.29) is 17.4 Å². The number of aliphatic hydroxyl groups excluding tert-OH is 1. The van der Waals surface area contributed by atoms with Gasteiger partial charge in [-0.25, -0.2) is 4.68 Å². The van der Waals surface area contributed by atoms with Gasteiger partial charge in [0, 0.05) is 42.3 Å². The van der Waals surface area contributed by atoms with Gasteiger partial charge in [-0.1, -0.05) is 39.0 Å². The third kappa shape index (κ3) is 3.65. The Kier molecular flexibility index (Phi) is 4.30. The number of rotatable bonds is 6. The maximum atomic E-state index is 9.43. The molecule has 2 aromatic rings. The first kappa shape index (κ1) is 16.2. The van der Waals surface area contributed by atoms with Crippen LogP contribution in [0.1, 0.15) is 44.9 Å². The Balaban J connectivity index is 1.79. The van der Waals surface area contributed by atoms with Gasteiger partial charge in [-0.2, -0.15) is 5.10 Å². The molecule has 0 unspecified atom stereocenters. The molecule has 4 nitrogen and oxygen atoms in total. The van der Waals surface area contributed by atoms with E-state index in [2.05, 4.69) is 44.4 Å². The Morgan fingerprint density at radius 2 is 1.91 bits per heavy atom. The maximum Gasteiger partial charge on any atom is 0.0727 e. The van der Waals surface area contributed by atoms with E-state index >= 15 is 0 Å². The molecule has 0 saturated heterocycles. The Morgan fingerprint density at radius 3 is 2.48 bits per heavy atom. The lowest BCUT2D eigenvalue weighted by Crippen LogP contribution is -2.27. The van der Waals surface area contributed by atoms with Crippen LogP contribution in [0.3, 0.4) is 0 Å². The fourth-order valence-corrected chi connectivity index (χ4v) is 2.91. The molecule has 3 rings (SSSR count). The Morgan fingerprint density at radius 1 is 1.22 bits per heavy atom. The summed E-state index contributed by atoms with van der Waals surface area (Å²) >= 11 is 0. The summed E-state index contributed by atoms with van der Waals surface area (Å²) < 4.78 is 1.97. The molecule has 2 N–H and O–H groups in total. The summed E-state index contributed by atoms with van der Waals surface area (Å²) in [4.78, 5) is 0. The van der Waals surface area contributed by atoms with E-state index in [1.54, 1.807) is 0 Å². The number of para-hydroxylation sites is 1. The zero-order valence-corrected chi connectivity index (χ0v) is 14.3. The molecule has 124 valence electrons. The summed E-state index contributed by atoms with van der Waals surface area (Å²) in [6.45, 7) is 8.55. The first-order valence-corrected chi connectivity index (χ1v) is 8.40. The van der Waals surface area contributed by atoms with Crippen molar-refractivity contribution in [1.82, 2.24) is 15.1 Å². The largest absolute Gasteiger partial charge is 0.396 e. The van der Waals surface area contributed by atoms with Crippen LogP contribution in [0.15, 0.2) is 36.5 Å². The first-order valence-electron chi connectivity index (χ1n) is 8.40. The average Bonchev–Trinajstić information content (AvgIpc) is 3.17. The summed E-state index contributed by atoms with van der Waals surface area (Å²) in [5.74, 6) is 0. The quantitative estimate of drug-likeness (QED) is 0.862. The van der Waals surface area contributed by atoms with Crippen LogP contribution in [0.2, 0.25) is 0 Å². The minimum absolute atomic E-state index is 0.00525. The lowest BCUT2D eigenvalue weighted by Gasteiger charge is -2.18. The fraction of sp³-hybridized carbons (Fsp3) is 0.526. The van der Waals surface area contributed by atoms with Gasteiger partial charge in [-0.15, -0.1) is 0 Å². The lowest BCUT2D eigenvalue weighted by molar-refractivity contribution is 0.207. The smallest absolute Gasteiger partial charge is 0.0727 e. The Labute approximate surface area is 138 Å². The van der Waals surface area contributed by atoms with Gasteiger partial charge >= 0.3 is 0 Å². The second-order valence-electron chi connectivity index (χ2n) is 7.79. The molecule has 4 heteroatoms. The summed E-state index contributed by atoms with van der Waals surface area (Å²) in [6, 6.07) is 10.2. The van der Waals surface area contributed by atoms with E-state index in [1.807, 2.05) is 22.9 Å².